The van der Waals surface area contributed by atoms with E-state index < -0.39 is 16.8 Å². The molecule has 4 fully saturated rings. The molecule has 0 saturated heterocycles. The fraction of sp³-hybridized carbons (Fsp3) is 0.828. The minimum absolute atomic E-state index is 0.189. The largest absolute Gasteiger partial charge is 0.481 e. The molecule has 0 heterocycles. The average Bonchev–Trinajstić information content (AvgIpc) is 2.76. The maximum Gasteiger partial charge on any atom is 0.309 e. The summed E-state index contributed by atoms with van der Waals surface area (Å²) in [6.07, 6.45) is 12.4. The summed E-state index contributed by atoms with van der Waals surface area (Å²) in [5, 5.41) is 10.0. The zero-order valence-corrected chi connectivity index (χ0v) is 21.2. The van der Waals surface area contributed by atoms with Crippen LogP contribution in [-0.4, -0.2) is 23.1 Å². The first-order valence-corrected chi connectivity index (χ1v) is 13.3. The van der Waals surface area contributed by atoms with Gasteiger partial charge in [0.25, 0.3) is 0 Å². The number of aldehydes is 1. The van der Waals surface area contributed by atoms with Crippen molar-refractivity contribution in [2.24, 2.45) is 50.7 Å². The quantitative estimate of drug-likeness (QED) is 0.396. The Balaban J connectivity index is 1.52. The molecule has 0 aromatic rings. The molecule has 8 atom stereocenters. The predicted octanol–water partition coefficient (Wildman–Crippen LogP) is 6.23. The van der Waals surface area contributed by atoms with Crippen molar-refractivity contribution >= 4 is 18.0 Å². The van der Waals surface area contributed by atoms with Gasteiger partial charge in [-0.3, -0.25) is 9.59 Å². The number of Topliss-reactive ketones (excluding diaryl/α,β-unsaturated/α-hetero) is 1. The first-order valence-electron chi connectivity index (χ1n) is 13.3. The predicted molar refractivity (Wildman–Crippen MR) is 127 cm³/mol. The highest BCUT2D eigenvalue weighted by atomic mass is 16.4. The standard InChI is InChI=1S/C29H42O4/c1-25(2)22-9-6-18-19-10-13-29(17-30)15-14-26(3,24(32)33)16-28(29,5)21(19)8-7-20(18)27(22,4)12-11-23(25)31/h10,17-18,20-22H,6-9,11-16H2,1-5H3,(H,32,33)/t18-,20-,21-,22-,26+,27+,28-,29-/m0/s1. The Kier molecular flexibility index (Phi) is 4.97. The number of allylic oxidation sites excluding steroid dienone is 2. The summed E-state index contributed by atoms with van der Waals surface area (Å²) in [4.78, 5) is 37.6. The molecule has 1 N–H and O–H groups in total. The average molecular weight is 455 g/mol. The van der Waals surface area contributed by atoms with Crippen LogP contribution in [0.3, 0.4) is 0 Å². The Labute approximate surface area is 199 Å². The molecule has 5 rings (SSSR count). The summed E-state index contributed by atoms with van der Waals surface area (Å²) in [7, 11) is 0. The van der Waals surface area contributed by atoms with Crippen LogP contribution in [-0.2, 0) is 14.4 Å². The third-order valence-corrected chi connectivity index (χ3v) is 12.2. The van der Waals surface area contributed by atoms with Crippen LogP contribution in [0.15, 0.2) is 11.6 Å². The van der Waals surface area contributed by atoms with Gasteiger partial charge in [0.05, 0.1) is 5.41 Å². The fourth-order valence-corrected chi connectivity index (χ4v) is 10.1. The molecule has 0 aromatic heterocycles. The summed E-state index contributed by atoms with van der Waals surface area (Å²) in [6.45, 7) is 11.0. The molecule has 0 radical (unpaired) electrons. The summed E-state index contributed by atoms with van der Waals surface area (Å²) in [5.41, 5.74) is 0.0149. The van der Waals surface area contributed by atoms with E-state index >= 15 is 0 Å². The van der Waals surface area contributed by atoms with Crippen molar-refractivity contribution in [3.05, 3.63) is 11.6 Å². The Morgan fingerprint density at radius 2 is 1.76 bits per heavy atom. The van der Waals surface area contributed by atoms with Gasteiger partial charge in [-0.05, 0) is 99.2 Å². The number of ketones is 1. The molecule has 0 bridgehead atoms. The third kappa shape index (κ3) is 2.85. The molecule has 5 aliphatic rings. The van der Waals surface area contributed by atoms with Crippen LogP contribution in [0, 0.1) is 50.7 Å². The van der Waals surface area contributed by atoms with E-state index in [1.165, 1.54) is 11.9 Å². The van der Waals surface area contributed by atoms with Gasteiger partial charge in [-0.25, -0.2) is 0 Å². The molecule has 4 saturated carbocycles. The molecule has 0 unspecified atom stereocenters. The number of aliphatic carboxylic acids is 1. The lowest BCUT2D eigenvalue weighted by Gasteiger charge is -2.65. The molecule has 4 nitrogen and oxygen atoms in total. The van der Waals surface area contributed by atoms with Crippen molar-refractivity contribution in [1.29, 1.82) is 0 Å². The maximum absolute atomic E-state index is 12.8. The number of fused-ring (bicyclic) bond motifs is 7. The van der Waals surface area contributed by atoms with Gasteiger partial charge in [0, 0.05) is 17.3 Å². The van der Waals surface area contributed by atoms with Crippen LogP contribution in [0.25, 0.3) is 0 Å². The molecular weight excluding hydrogens is 412 g/mol. The van der Waals surface area contributed by atoms with Gasteiger partial charge in [-0.2, -0.15) is 0 Å². The molecule has 182 valence electrons. The van der Waals surface area contributed by atoms with Gasteiger partial charge < -0.3 is 9.90 Å². The van der Waals surface area contributed by atoms with Crippen LogP contribution >= 0.6 is 0 Å². The second-order valence-electron chi connectivity index (χ2n) is 13.8. The number of carbonyl (C=O) groups is 3. The lowest BCUT2D eigenvalue weighted by Crippen LogP contribution is -2.60. The number of rotatable bonds is 2. The van der Waals surface area contributed by atoms with Crippen molar-refractivity contribution in [1.82, 2.24) is 0 Å². The molecule has 0 aromatic carbocycles. The number of carboxylic acid groups (broad SMARTS) is 1. The molecule has 0 amide bonds. The first kappa shape index (κ1) is 23.3. The molecule has 0 aliphatic heterocycles. The lowest BCUT2D eigenvalue weighted by molar-refractivity contribution is -0.170. The van der Waals surface area contributed by atoms with Crippen molar-refractivity contribution in [2.75, 3.05) is 0 Å². The van der Waals surface area contributed by atoms with Gasteiger partial charge in [0.2, 0.25) is 0 Å². The Hall–Kier alpha value is -1.45. The van der Waals surface area contributed by atoms with E-state index in [2.05, 4.69) is 33.8 Å². The monoisotopic (exact) mass is 454 g/mol. The summed E-state index contributed by atoms with van der Waals surface area (Å²) < 4.78 is 0. The minimum Gasteiger partial charge on any atom is -0.481 e. The Bertz CT molecular complexity index is 932. The van der Waals surface area contributed by atoms with Gasteiger partial charge in [-0.1, -0.05) is 39.3 Å². The van der Waals surface area contributed by atoms with E-state index in [9.17, 15) is 19.5 Å². The SMILES string of the molecule is CC1(C)C(=O)CC[C@]2(C)[C@H]3CC[C@H]4C(=CC[C@@]5(C=O)CC[C@@](C)(C(=O)O)C[C@@]45C)[C@@H]3CC[C@@H]12. The van der Waals surface area contributed by atoms with Gasteiger partial charge in [-0.15, -0.1) is 0 Å². The maximum atomic E-state index is 12.8. The first-order chi connectivity index (χ1) is 15.3. The highest BCUT2D eigenvalue weighted by Crippen LogP contribution is 2.71. The highest BCUT2D eigenvalue weighted by molar-refractivity contribution is 5.85. The Morgan fingerprint density at radius 1 is 1.03 bits per heavy atom. The number of hydrogen-bond acceptors (Lipinski definition) is 3. The van der Waals surface area contributed by atoms with Crippen molar-refractivity contribution in [3.63, 3.8) is 0 Å². The summed E-state index contributed by atoms with van der Waals surface area (Å²) >= 11 is 0. The number of hydrogen-bond donors (Lipinski definition) is 1. The van der Waals surface area contributed by atoms with Crippen LogP contribution in [0.4, 0.5) is 0 Å². The molecule has 4 heteroatoms. The zero-order chi connectivity index (χ0) is 24.0. The van der Waals surface area contributed by atoms with Gasteiger partial charge >= 0.3 is 5.97 Å². The summed E-state index contributed by atoms with van der Waals surface area (Å²) in [6, 6.07) is 0. The van der Waals surface area contributed by atoms with Crippen LogP contribution in [0.2, 0.25) is 0 Å². The van der Waals surface area contributed by atoms with Crippen LogP contribution in [0.5, 0.6) is 0 Å². The van der Waals surface area contributed by atoms with Crippen molar-refractivity contribution in [2.45, 2.75) is 98.8 Å². The highest BCUT2D eigenvalue weighted by Gasteiger charge is 2.65. The lowest BCUT2D eigenvalue weighted by atomic mass is 9.38. The fourth-order valence-electron chi connectivity index (χ4n) is 10.1. The minimum atomic E-state index is -0.752. The normalized spacial score (nSPS) is 50.7. The third-order valence-electron chi connectivity index (χ3n) is 12.2. The van der Waals surface area contributed by atoms with Gasteiger partial charge in [0.1, 0.15) is 12.1 Å². The molecule has 5 aliphatic carbocycles. The van der Waals surface area contributed by atoms with Crippen molar-refractivity contribution < 1.29 is 19.5 Å². The molecule has 33 heavy (non-hydrogen) atoms. The number of carbonyl (C=O) groups excluding carboxylic acids is 2. The van der Waals surface area contributed by atoms with Crippen molar-refractivity contribution in [3.8, 4) is 0 Å². The molecule has 0 spiro atoms. The number of carboxylic acids is 1. The second kappa shape index (κ2) is 7.04. The summed E-state index contributed by atoms with van der Waals surface area (Å²) in [5.74, 6) is 1.59. The Morgan fingerprint density at radius 3 is 2.42 bits per heavy atom. The zero-order valence-electron chi connectivity index (χ0n) is 21.2. The van der Waals surface area contributed by atoms with E-state index in [-0.39, 0.29) is 16.2 Å². The van der Waals surface area contributed by atoms with Gasteiger partial charge in [0.15, 0.2) is 0 Å². The van der Waals surface area contributed by atoms with E-state index in [1.54, 1.807) is 0 Å². The van der Waals surface area contributed by atoms with Crippen LogP contribution < -0.4 is 0 Å². The van der Waals surface area contributed by atoms with Crippen LogP contribution in [0.1, 0.15) is 98.8 Å². The van der Waals surface area contributed by atoms with E-state index in [4.69, 9.17) is 0 Å². The second-order valence-corrected chi connectivity index (χ2v) is 13.8. The molecular formula is C29H42O4. The topological polar surface area (TPSA) is 71.4 Å². The smallest absolute Gasteiger partial charge is 0.309 e. The van der Waals surface area contributed by atoms with E-state index in [0.29, 0.717) is 55.1 Å². The van der Waals surface area contributed by atoms with E-state index in [1.807, 2.05) is 6.92 Å². The van der Waals surface area contributed by atoms with E-state index in [0.717, 1.165) is 38.5 Å².